The smallest absolute Gasteiger partial charge is 0.307 e. The summed E-state index contributed by atoms with van der Waals surface area (Å²) in [6.45, 7) is 4.22. The molecule has 0 radical (unpaired) electrons. The lowest BCUT2D eigenvalue weighted by atomic mass is 9.95. The summed E-state index contributed by atoms with van der Waals surface area (Å²) in [5.41, 5.74) is 0.547. The van der Waals surface area contributed by atoms with E-state index in [4.69, 9.17) is 9.84 Å². The Labute approximate surface area is 111 Å². The van der Waals surface area contributed by atoms with Crippen LogP contribution in [0.25, 0.3) is 0 Å². The lowest BCUT2D eigenvalue weighted by Crippen LogP contribution is -2.29. The summed E-state index contributed by atoms with van der Waals surface area (Å²) >= 11 is 0. The van der Waals surface area contributed by atoms with Crippen molar-refractivity contribution >= 4 is 17.6 Å². The zero-order chi connectivity index (χ0) is 14.4. The maximum absolute atomic E-state index is 11.8. The topological polar surface area (TPSA) is 93.5 Å². The van der Waals surface area contributed by atoms with Gasteiger partial charge in [0.1, 0.15) is 0 Å². The quantitative estimate of drug-likeness (QED) is 0.764. The Morgan fingerprint density at radius 1 is 1.47 bits per heavy atom. The van der Waals surface area contributed by atoms with Crippen molar-refractivity contribution in [3.63, 3.8) is 0 Å². The van der Waals surface area contributed by atoms with E-state index < -0.39 is 17.8 Å². The Morgan fingerprint density at radius 3 is 2.74 bits per heavy atom. The van der Waals surface area contributed by atoms with Crippen molar-refractivity contribution in [3.05, 3.63) is 12.4 Å². The summed E-state index contributed by atoms with van der Waals surface area (Å²) in [6.07, 6.45) is 3.20. The third-order valence-corrected chi connectivity index (χ3v) is 2.98. The fourth-order valence-corrected chi connectivity index (χ4v) is 1.43. The Hall–Kier alpha value is -1.89. The SMILES string of the molecule is COCCn1cc(NC(=O)C(C)C(C)C(=O)O)cn1. The molecule has 7 nitrogen and oxygen atoms in total. The number of amides is 1. The molecule has 1 amide bonds. The second-order valence-corrected chi connectivity index (χ2v) is 4.39. The Bertz CT molecular complexity index is 444. The van der Waals surface area contributed by atoms with Crippen molar-refractivity contribution < 1.29 is 19.4 Å². The molecule has 0 aliphatic carbocycles. The molecule has 7 heteroatoms. The fraction of sp³-hybridized carbons (Fsp3) is 0.583. The molecule has 0 saturated heterocycles. The van der Waals surface area contributed by atoms with E-state index in [2.05, 4.69) is 10.4 Å². The summed E-state index contributed by atoms with van der Waals surface area (Å²) in [4.78, 5) is 22.7. The molecule has 2 N–H and O–H groups in total. The molecular weight excluding hydrogens is 250 g/mol. The van der Waals surface area contributed by atoms with Crippen molar-refractivity contribution in [3.8, 4) is 0 Å². The van der Waals surface area contributed by atoms with Gasteiger partial charge in [-0.1, -0.05) is 13.8 Å². The number of anilines is 1. The molecule has 1 rings (SSSR count). The Morgan fingerprint density at radius 2 is 2.16 bits per heavy atom. The zero-order valence-electron chi connectivity index (χ0n) is 11.3. The average Bonchev–Trinajstić information content (AvgIpc) is 2.81. The normalized spacial score (nSPS) is 13.8. The predicted octanol–water partition coefficient (Wildman–Crippen LogP) is 0.825. The van der Waals surface area contributed by atoms with Gasteiger partial charge in [-0.25, -0.2) is 0 Å². The molecule has 2 unspecified atom stereocenters. The lowest BCUT2D eigenvalue weighted by molar-refractivity contribution is -0.145. The predicted molar refractivity (Wildman–Crippen MR) is 68.7 cm³/mol. The number of ether oxygens (including phenoxy) is 1. The van der Waals surface area contributed by atoms with Gasteiger partial charge in [-0.05, 0) is 0 Å². The van der Waals surface area contributed by atoms with Gasteiger partial charge in [0, 0.05) is 19.2 Å². The monoisotopic (exact) mass is 269 g/mol. The van der Waals surface area contributed by atoms with Crippen LogP contribution in [0.4, 0.5) is 5.69 Å². The van der Waals surface area contributed by atoms with Crippen LogP contribution in [0.1, 0.15) is 13.8 Å². The Balaban J connectivity index is 2.56. The molecular formula is C12H19N3O4. The number of carbonyl (C=O) groups excluding carboxylic acids is 1. The number of hydrogen-bond acceptors (Lipinski definition) is 4. The maximum atomic E-state index is 11.8. The van der Waals surface area contributed by atoms with E-state index in [1.54, 1.807) is 24.9 Å². The number of carbonyl (C=O) groups is 2. The number of carboxylic acid groups (broad SMARTS) is 1. The molecule has 1 aromatic heterocycles. The number of hydrogen-bond donors (Lipinski definition) is 2. The van der Waals surface area contributed by atoms with E-state index in [-0.39, 0.29) is 5.91 Å². The minimum absolute atomic E-state index is 0.332. The first-order valence-corrected chi connectivity index (χ1v) is 6.00. The standard InChI is InChI=1S/C12H19N3O4/c1-8(9(2)12(17)18)11(16)14-10-6-13-15(7-10)4-5-19-3/h6-9H,4-5H2,1-3H3,(H,14,16)(H,17,18). The van der Waals surface area contributed by atoms with Gasteiger partial charge in [0.2, 0.25) is 5.91 Å². The number of nitrogens with one attached hydrogen (secondary N) is 1. The van der Waals surface area contributed by atoms with Gasteiger partial charge >= 0.3 is 5.97 Å². The van der Waals surface area contributed by atoms with E-state index in [1.807, 2.05) is 0 Å². The highest BCUT2D eigenvalue weighted by atomic mass is 16.5. The number of nitrogens with zero attached hydrogens (tertiary/aromatic N) is 2. The van der Waals surface area contributed by atoms with Gasteiger partial charge in [-0.2, -0.15) is 5.10 Å². The molecule has 106 valence electrons. The van der Waals surface area contributed by atoms with E-state index in [0.717, 1.165) is 0 Å². The van der Waals surface area contributed by atoms with Gasteiger partial charge in [0.15, 0.2) is 0 Å². The number of aromatic nitrogens is 2. The number of carboxylic acids is 1. The van der Waals surface area contributed by atoms with E-state index in [1.165, 1.54) is 13.1 Å². The summed E-state index contributed by atoms with van der Waals surface area (Å²) in [7, 11) is 1.60. The first kappa shape index (κ1) is 15.2. The molecule has 19 heavy (non-hydrogen) atoms. The highest BCUT2D eigenvalue weighted by Crippen LogP contribution is 2.14. The van der Waals surface area contributed by atoms with Crippen molar-refractivity contribution in [1.29, 1.82) is 0 Å². The fourth-order valence-electron chi connectivity index (χ4n) is 1.43. The van der Waals surface area contributed by atoms with Crippen molar-refractivity contribution in [2.24, 2.45) is 11.8 Å². The van der Waals surface area contributed by atoms with Crippen molar-refractivity contribution in [2.45, 2.75) is 20.4 Å². The first-order chi connectivity index (χ1) is 8.95. The molecule has 0 saturated carbocycles. The van der Waals surface area contributed by atoms with Crippen LogP contribution in [0.2, 0.25) is 0 Å². The van der Waals surface area contributed by atoms with Crippen LogP contribution in [0, 0.1) is 11.8 Å². The van der Waals surface area contributed by atoms with E-state index in [0.29, 0.717) is 18.8 Å². The molecule has 0 spiro atoms. The molecule has 0 bridgehead atoms. The second-order valence-electron chi connectivity index (χ2n) is 4.39. The Kier molecular flexibility index (Phi) is 5.50. The third-order valence-electron chi connectivity index (χ3n) is 2.98. The number of methoxy groups -OCH3 is 1. The summed E-state index contributed by atoms with van der Waals surface area (Å²) < 4.78 is 6.56. The number of aliphatic carboxylic acids is 1. The van der Waals surface area contributed by atoms with Crippen LogP contribution < -0.4 is 5.32 Å². The minimum Gasteiger partial charge on any atom is -0.481 e. The molecule has 0 aromatic carbocycles. The van der Waals surface area contributed by atoms with Crippen LogP contribution >= 0.6 is 0 Å². The maximum Gasteiger partial charge on any atom is 0.307 e. The molecule has 0 aliphatic heterocycles. The second kappa shape index (κ2) is 6.89. The van der Waals surface area contributed by atoms with Crippen LogP contribution in [-0.4, -0.2) is 40.5 Å². The molecule has 0 aliphatic rings. The van der Waals surface area contributed by atoms with E-state index in [9.17, 15) is 9.59 Å². The summed E-state index contributed by atoms with van der Waals surface area (Å²) in [5.74, 6) is -2.66. The summed E-state index contributed by atoms with van der Waals surface area (Å²) in [6, 6.07) is 0. The largest absolute Gasteiger partial charge is 0.481 e. The van der Waals surface area contributed by atoms with Crippen LogP contribution in [0.15, 0.2) is 12.4 Å². The summed E-state index contributed by atoms with van der Waals surface area (Å²) in [5, 5.41) is 15.6. The first-order valence-electron chi connectivity index (χ1n) is 6.00. The van der Waals surface area contributed by atoms with Gasteiger partial charge in [-0.15, -0.1) is 0 Å². The van der Waals surface area contributed by atoms with E-state index >= 15 is 0 Å². The zero-order valence-corrected chi connectivity index (χ0v) is 11.3. The highest BCUT2D eigenvalue weighted by molar-refractivity contribution is 5.94. The van der Waals surface area contributed by atoms with Gasteiger partial charge in [0.25, 0.3) is 0 Å². The van der Waals surface area contributed by atoms with Gasteiger partial charge in [0.05, 0.1) is 31.0 Å². The minimum atomic E-state index is -0.988. The van der Waals surface area contributed by atoms with Crippen LogP contribution in [-0.2, 0) is 20.9 Å². The van der Waals surface area contributed by atoms with Crippen LogP contribution in [0.5, 0.6) is 0 Å². The van der Waals surface area contributed by atoms with Gasteiger partial charge in [-0.3, -0.25) is 14.3 Å². The third kappa shape index (κ3) is 4.36. The molecule has 0 fully saturated rings. The van der Waals surface area contributed by atoms with Gasteiger partial charge < -0.3 is 15.2 Å². The number of rotatable bonds is 7. The lowest BCUT2D eigenvalue weighted by Gasteiger charge is -2.14. The van der Waals surface area contributed by atoms with Crippen LogP contribution in [0.3, 0.4) is 0 Å². The average molecular weight is 269 g/mol. The molecule has 1 aromatic rings. The molecule has 1 heterocycles. The highest BCUT2D eigenvalue weighted by Gasteiger charge is 2.25. The van der Waals surface area contributed by atoms with Crippen molar-refractivity contribution in [1.82, 2.24) is 9.78 Å². The molecule has 2 atom stereocenters. The van der Waals surface area contributed by atoms with Crippen molar-refractivity contribution in [2.75, 3.05) is 19.0 Å².